The molecule has 0 amide bonds. The van der Waals surface area contributed by atoms with Gasteiger partial charge in [-0.05, 0) is 12.1 Å². The Morgan fingerprint density at radius 2 is 1.86 bits per heavy atom. The van der Waals surface area contributed by atoms with Crippen LogP contribution in [0.2, 0.25) is 0 Å². The number of ketones is 1. The van der Waals surface area contributed by atoms with Crippen molar-refractivity contribution in [2.24, 2.45) is 0 Å². The Morgan fingerprint density at radius 1 is 1.10 bits per heavy atom. The fourth-order valence-corrected chi connectivity index (χ4v) is 3.21. The van der Waals surface area contributed by atoms with E-state index in [4.69, 9.17) is 9.47 Å². The van der Waals surface area contributed by atoms with Crippen LogP contribution in [0.4, 0.5) is 0 Å². The van der Waals surface area contributed by atoms with E-state index < -0.39 is 17.2 Å². The molecule has 5 nitrogen and oxygen atoms in total. The second-order valence-electron chi connectivity index (χ2n) is 5.16. The number of benzene rings is 2. The maximum Gasteiger partial charge on any atom is 0.277 e. The molecule has 0 aromatic heterocycles. The predicted octanol–water partition coefficient (Wildman–Crippen LogP) is 1.32. The van der Waals surface area contributed by atoms with Gasteiger partial charge < -0.3 is 19.7 Å². The third kappa shape index (κ3) is 1.17. The van der Waals surface area contributed by atoms with Gasteiger partial charge in [-0.25, -0.2) is 0 Å². The third-order valence-corrected chi connectivity index (χ3v) is 4.18. The van der Waals surface area contributed by atoms with Gasteiger partial charge in [-0.15, -0.1) is 0 Å². The van der Waals surface area contributed by atoms with Crippen molar-refractivity contribution in [3.05, 3.63) is 59.2 Å². The van der Waals surface area contributed by atoms with Gasteiger partial charge in [-0.3, -0.25) is 4.79 Å². The Balaban J connectivity index is 2.07. The van der Waals surface area contributed by atoms with Crippen molar-refractivity contribution in [1.29, 1.82) is 0 Å². The second-order valence-corrected chi connectivity index (χ2v) is 5.16. The maximum absolute atomic E-state index is 12.7. The Labute approximate surface area is 120 Å². The first-order valence-electron chi connectivity index (χ1n) is 6.49. The lowest BCUT2D eigenvalue weighted by Crippen LogP contribution is -2.48. The molecule has 0 fully saturated rings. The second kappa shape index (κ2) is 3.63. The van der Waals surface area contributed by atoms with Crippen LogP contribution in [-0.2, 0) is 11.4 Å². The summed E-state index contributed by atoms with van der Waals surface area (Å²) in [5, 5.41) is 21.9. The third-order valence-electron chi connectivity index (χ3n) is 4.18. The molecule has 21 heavy (non-hydrogen) atoms. The molecule has 0 unspecified atom stereocenters. The van der Waals surface area contributed by atoms with Crippen LogP contribution in [0.5, 0.6) is 11.5 Å². The molecule has 2 atom stereocenters. The zero-order valence-corrected chi connectivity index (χ0v) is 11.2. The average molecular weight is 284 g/mol. The lowest BCUT2D eigenvalue weighted by Gasteiger charge is -2.29. The van der Waals surface area contributed by atoms with E-state index in [-0.39, 0.29) is 22.4 Å². The summed E-state index contributed by atoms with van der Waals surface area (Å²) in [6.45, 7) is 0. The number of hydrogen-bond acceptors (Lipinski definition) is 5. The van der Waals surface area contributed by atoms with E-state index in [0.717, 1.165) is 0 Å². The highest BCUT2D eigenvalue weighted by atomic mass is 16.7. The van der Waals surface area contributed by atoms with Crippen LogP contribution in [0.15, 0.2) is 42.5 Å². The maximum atomic E-state index is 12.7. The van der Waals surface area contributed by atoms with E-state index in [2.05, 4.69) is 0 Å². The molecule has 2 aliphatic rings. The summed E-state index contributed by atoms with van der Waals surface area (Å²) in [7, 11) is 1.43. The van der Waals surface area contributed by atoms with Gasteiger partial charge in [0.15, 0.2) is 0 Å². The molecule has 1 aliphatic carbocycles. The van der Waals surface area contributed by atoms with Crippen LogP contribution in [0.3, 0.4) is 0 Å². The molecule has 2 aromatic carbocycles. The number of Topliss-reactive ketones (excluding diaryl/α,β-unsaturated/α-hetero) is 1. The Kier molecular flexibility index (Phi) is 2.14. The molecule has 0 spiro atoms. The molecule has 2 aromatic rings. The van der Waals surface area contributed by atoms with Crippen molar-refractivity contribution in [2.75, 3.05) is 7.11 Å². The lowest BCUT2D eigenvalue weighted by atomic mass is 9.86. The van der Waals surface area contributed by atoms with E-state index in [1.165, 1.54) is 7.11 Å². The molecule has 0 saturated heterocycles. The summed E-state index contributed by atoms with van der Waals surface area (Å²) in [6.07, 6.45) is 0. The van der Waals surface area contributed by atoms with Crippen LogP contribution in [0, 0.1) is 0 Å². The van der Waals surface area contributed by atoms with E-state index in [1.807, 2.05) is 0 Å². The zero-order chi connectivity index (χ0) is 14.8. The van der Waals surface area contributed by atoms with Gasteiger partial charge in [0.2, 0.25) is 11.4 Å². The van der Waals surface area contributed by atoms with Crippen molar-refractivity contribution < 1.29 is 24.5 Å². The molecule has 1 heterocycles. The topological polar surface area (TPSA) is 76.0 Å². The fourth-order valence-electron chi connectivity index (χ4n) is 3.21. The van der Waals surface area contributed by atoms with Crippen LogP contribution in [0.1, 0.15) is 21.5 Å². The minimum absolute atomic E-state index is 0.163. The molecule has 0 radical (unpaired) electrons. The highest BCUT2D eigenvalue weighted by molar-refractivity contribution is 6.10. The van der Waals surface area contributed by atoms with E-state index in [9.17, 15) is 15.0 Å². The van der Waals surface area contributed by atoms with E-state index in [1.54, 1.807) is 42.5 Å². The first kappa shape index (κ1) is 12.4. The fraction of sp³-hybridized carbons (Fsp3) is 0.188. The molecule has 0 bridgehead atoms. The molecule has 106 valence electrons. The van der Waals surface area contributed by atoms with Crippen molar-refractivity contribution in [2.45, 2.75) is 11.4 Å². The van der Waals surface area contributed by atoms with Crippen LogP contribution in [-0.4, -0.2) is 23.1 Å². The molecule has 4 rings (SSSR count). The smallest absolute Gasteiger partial charge is 0.277 e. The molecule has 5 heteroatoms. The average Bonchev–Trinajstić information content (AvgIpc) is 2.84. The summed E-state index contributed by atoms with van der Waals surface area (Å²) in [5.41, 5.74) is -1.52. The standard InChI is InChI=1S/C16H12O5/c1-20-11-7-4-8-12-13(11)15(18)14(17)9-5-2-3-6-10(9)16(15,19)21-12/h2-8,18-19H,1H3/t15-,16-/m1/s1. The molecule has 0 saturated carbocycles. The van der Waals surface area contributed by atoms with Gasteiger partial charge in [0.1, 0.15) is 11.5 Å². The number of fused-ring (bicyclic) bond motifs is 5. The molecular weight excluding hydrogens is 272 g/mol. The summed E-state index contributed by atoms with van der Waals surface area (Å²) in [5.74, 6) is -2.18. The largest absolute Gasteiger partial charge is 0.496 e. The van der Waals surface area contributed by atoms with Crippen molar-refractivity contribution in [1.82, 2.24) is 0 Å². The Bertz CT molecular complexity index is 784. The van der Waals surface area contributed by atoms with Gasteiger partial charge >= 0.3 is 0 Å². The lowest BCUT2D eigenvalue weighted by molar-refractivity contribution is -0.224. The minimum atomic E-state index is -2.20. The number of ether oxygens (including phenoxy) is 2. The van der Waals surface area contributed by atoms with Crippen molar-refractivity contribution in [3.63, 3.8) is 0 Å². The summed E-state index contributed by atoms with van der Waals surface area (Å²) >= 11 is 0. The van der Waals surface area contributed by atoms with Gasteiger partial charge in [-0.1, -0.05) is 30.3 Å². The van der Waals surface area contributed by atoms with Crippen molar-refractivity contribution >= 4 is 5.78 Å². The monoisotopic (exact) mass is 284 g/mol. The number of rotatable bonds is 1. The highest BCUT2D eigenvalue weighted by Crippen LogP contribution is 2.60. The number of methoxy groups -OCH3 is 1. The molecule has 1 aliphatic heterocycles. The first-order valence-corrected chi connectivity index (χ1v) is 6.49. The normalized spacial score (nSPS) is 28.6. The van der Waals surface area contributed by atoms with Crippen LogP contribution in [0.25, 0.3) is 0 Å². The highest BCUT2D eigenvalue weighted by Gasteiger charge is 2.71. The van der Waals surface area contributed by atoms with Gasteiger partial charge in [0.25, 0.3) is 5.79 Å². The minimum Gasteiger partial charge on any atom is -0.496 e. The quantitative estimate of drug-likeness (QED) is 0.826. The predicted molar refractivity (Wildman–Crippen MR) is 72.2 cm³/mol. The van der Waals surface area contributed by atoms with Crippen LogP contribution < -0.4 is 9.47 Å². The van der Waals surface area contributed by atoms with Gasteiger partial charge in [-0.2, -0.15) is 0 Å². The number of hydrogen-bond donors (Lipinski definition) is 2. The molecule has 2 N–H and O–H groups in total. The van der Waals surface area contributed by atoms with Crippen molar-refractivity contribution in [3.8, 4) is 11.5 Å². The summed E-state index contributed by atoms with van der Waals surface area (Å²) < 4.78 is 10.8. The number of carbonyl (C=O) groups is 1. The zero-order valence-electron chi connectivity index (χ0n) is 11.2. The Morgan fingerprint density at radius 3 is 2.62 bits per heavy atom. The number of aliphatic hydroxyl groups is 2. The Hall–Kier alpha value is -2.37. The van der Waals surface area contributed by atoms with Crippen LogP contribution >= 0.6 is 0 Å². The van der Waals surface area contributed by atoms with E-state index in [0.29, 0.717) is 5.75 Å². The van der Waals surface area contributed by atoms with Gasteiger partial charge in [0, 0.05) is 11.1 Å². The number of carbonyl (C=O) groups excluding carboxylic acids is 1. The SMILES string of the molecule is COc1cccc2c1[C@@]1(O)C(=O)c3ccccc3[C@@]1(O)O2. The molecular formula is C16H12O5. The van der Waals surface area contributed by atoms with Gasteiger partial charge in [0.05, 0.1) is 12.7 Å². The first-order chi connectivity index (χ1) is 10.0. The summed E-state index contributed by atoms with van der Waals surface area (Å²) in [4.78, 5) is 12.7. The summed E-state index contributed by atoms with van der Waals surface area (Å²) in [6, 6.07) is 11.4. The van der Waals surface area contributed by atoms with E-state index >= 15 is 0 Å².